The van der Waals surface area contributed by atoms with Crippen LogP contribution >= 0.6 is 27.5 Å². The van der Waals surface area contributed by atoms with Crippen molar-refractivity contribution in [1.29, 1.82) is 0 Å². The highest BCUT2D eigenvalue weighted by molar-refractivity contribution is 9.10. The van der Waals surface area contributed by atoms with Crippen LogP contribution in [0.4, 0.5) is 0 Å². The van der Waals surface area contributed by atoms with Crippen molar-refractivity contribution in [2.75, 3.05) is 13.6 Å². The monoisotopic (exact) mass is 305 g/mol. The summed E-state index contributed by atoms with van der Waals surface area (Å²) in [7, 11) is 1.88. The molecule has 0 saturated heterocycles. The molecule has 1 aromatic carbocycles. The van der Waals surface area contributed by atoms with E-state index in [-0.39, 0.29) is 0 Å². The van der Waals surface area contributed by atoms with Crippen molar-refractivity contribution in [3.05, 3.63) is 33.3 Å². The smallest absolute Gasteiger partial charge is 0.0672 e. The quantitative estimate of drug-likeness (QED) is 0.876. The van der Waals surface area contributed by atoms with Gasteiger partial charge in [-0.25, -0.2) is 0 Å². The summed E-state index contributed by atoms with van der Waals surface area (Å²) in [4.78, 5) is 0. The van der Waals surface area contributed by atoms with E-state index in [0.717, 1.165) is 16.6 Å². The van der Waals surface area contributed by atoms with E-state index in [1.165, 1.54) is 0 Å². The molecule has 0 heterocycles. The number of hydrogen-bond donors (Lipinski definition) is 2. The fourth-order valence-electron chi connectivity index (χ4n) is 1.56. The van der Waals surface area contributed by atoms with Gasteiger partial charge in [0, 0.05) is 15.9 Å². The minimum Gasteiger partial charge on any atom is -0.390 e. The molecular weight excluding hydrogens is 289 g/mol. The van der Waals surface area contributed by atoms with Crippen molar-refractivity contribution in [3.63, 3.8) is 0 Å². The van der Waals surface area contributed by atoms with Gasteiger partial charge in [0.15, 0.2) is 0 Å². The molecule has 0 aliphatic rings. The van der Waals surface area contributed by atoms with E-state index in [0.29, 0.717) is 17.9 Å². The first-order chi connectivity index (χ1) is 7.44. The second-order valence-electron chi connectivity index (χ2n) is 4.26. The Labute approximate surface area is 110 Å². The maximum Gasteiger partial charge on any atom is 0.0672 e. The summed E-state index contributed by atoms with van der Waals surface area (Å²) < 4.78 is 0.955. The lowest BCUT2D eigenvalue weighted by atomic mass is 9.93. The zero-order valence-corrected chi connectivity index (χ0v) is 11.9. The molecule has 0 saturated carbocycles. The standard InChI is InChI=1S/C12H17BrClNO/c1-12(16,5-6-15-2)8-9-3-4-10(13)7-11(9)14/h3-4,7,15-16H,5-6,8H2,1-2H3. The van der Waals surface area contributed by atoms with Gasteiger partial charge < -0.3 is 10.4 Å². The lowest BCUT2D eigenvalue weighted by Gasteiger charge is -2.23. The molecule has 0 aliphatic carbocycles. The van der Waals surface area contributed by atoms with Crippen molar-refractivity contribution in [2.45, 2.75) is 25.4 Å². The summed E-state index contributed by atoms with van der Waals surface area (Å²) in [5.41, 5.74) is 0.256. The van der Waals surface area contributed by atoms with E-state index in [1.54, 1.807) is 0 Å². The van der Waals surface area contributed by atoms with E-state index in [1.807, 2.05) is 32.2 Å². The highest BCUT2D eigenvalue weighted by atomic mass is 79.9. The molecule has 1 unspecified atom stereocenters. The molecule has 1 rings (SSSR count). The van der Waals surface area contributed by atoms with Crippen LogP contribution in [0.15, 0.2) is 22.7 Å². The third-order valence-electron chi connectivity index (χ3n) is 2.50. The summed E-state index contributed by atoms with van der Waals surface area (Å²) >= 11 is 9.47. The highest BCUT2D eigenvalue weighted by Crippen LogP contribution is 2.26. The fraction of sp³-hybridized carbons (Fsp3) is 0.500. The third-order valence-corrected chi connectivity index (χ3v) is 3.35. The van der Waals surface area contributed by atoms with Crippen LogP contribution in [0, 0.1) is 0 Å². The van der Waals surface area contributed by atoms with E-state index < -0.39 is 5.60 Å². The Morgan fingerprint density at radius 3 is 2.75 bits per heavy atom. The molecule has 1 aromatic rings. The van der Waals surface area contributed by atoms with Gasteiger partial charge in [-0.3, -0.25) is 0 Å². The van der Waals surface area contributed by atoms with Gasteiger partial charge in [0.05, 0.1) is 5.60 Å². The van der Waals surface area contributed by atoms with Crippen LogP contribution in [0.1, 0.15) is 18.9 Å². The lowest BCUT2D eigenvalue weighted by molar-refractivity contribution is 0.0520. The maximum atomic E-state index is 10.2. The number of aliphatic hydroxyl groups is 1. The molecule has 4 heteroatoms. The summed E-state index contributed by atoms with van der Waals surface area (Å²) in [5, 5.41) is 13.9. The Hall–Kier alpha value is -0.0900. The SMILES string of the molecule is CNCCC(C)(O)Cc1ccc(Br)cc1Cl. The average molecular weight is 307 g/mol. The number of nitrogens with one attached hydrogen (secondary N) is 1. The number of hydrogen-bond acceptors (Lipinski definition) is 2. The molecule has 2 nitrogen and oxygen atoms in total. The predicted octanol–water partition coefficient (Wildman–Crippen LogP) is 3.01. The van der Waals surface area contributed by atoms with Crippen LogP contribution in [-0.4, -0.2) is 24.3 Å². The molecule has 1 atom stereocenters. The van der Waals surface area contributed by atoms with Crippen LogP contribution in [-0.2, 0) is 6.42 Å². The van der Waals surface area contributed by atoms with Crippen LogP contribution in [0.25, 0.3) is 0 Å². The minimum atomic E-state index is -0.722. The van der Waals surface area contributed by atoms with Gasteiger partial charge in [0.2, 0.25) is 0 Å². The Bertz CT molecular complexity index is 355. The third kappa shape index (κ3) is 4.42. The van der Waals surface area contributed by atoms with Crippen LogP contribution in [0.2, 0.25) is 5.02 Å². The van der Waals surface area contributed by atoms with Crippen molar-refractivity contribution in [3.8, 4) is 0 Å². The lowest BCUT2D eigenvalue weighted by Crippen LogP contribution is -2.31. The zero-order chi connectivity index (χ0) is 12.2. The summed E-state index contributed by atoms with van der Waals surface area (Å²) in [5.74, 6) is 0. The summed E-state index contributed by atoms with van der Waals surface area (Å²) in [6.45, 7) is 2.63. The van der Waals surface area contributed by atoms with Gasteiger partial charge >= 0.3 is 0 Å². The van der Waals surface area contributed by atoms with E-state index >= 15 is 0 Å². The van der Waals surface area contributed by atoms with Crippen molar-refractivity contribution < 1.29 is 5.11 Å². The van der Waals surface area contributed by atoms with Crippen molar-refractivity contribution >= 4 is 27.5 Å². The Morgan fingerprint density at radius 1 is 1.50 bits per heavy atom. The minimum absolute atomic E-state index is 0.570. The molecular formula is C12H17BrClNO. The second kappa shape index (κ2) is 6.01. The molecule has 0 aliphatic heterocycles. The molecule has 0 bridgehead atoms. The van der Waals surface area contributed by atoms with E-state index in [9.17, 15) is 5.11 Å². The predicted molar refractivity (Wildman–Crippen MR) is 72.0 cm³/mol. The topological polar surface area (TPSA) is 32.3 Å². The number of halogens is 2. The molecule has 90 valence electrons. The first kappa shape index (κ1) is 14.0. The molecule has 0 amide bonds. The first-order valence-electron chi connectivity index (χ1n) is 5.25. The van der Waals surface area contributed by atoms with Crippen LogP contribution in [0.5, 0.6) is 0 Å². The Kier molecular flexibility index (Phi) is 5.25. The van der Waals surface area contributed by atoms with Gasteiger partial charge in [-0.2, -0.15) is 0 Å². The maximum absolute atomic E-state index is 10.2. The van der Waals surface area contributed by atoms with Crippen molar-refractivity contribution in [2.24, 2.45) is 0 Å². The first-order valence-corrected chi connectivity index (χ1v) is 6.42. The van der Waals surface area contributed by atoms with Crippen LogP contribution < -0.4 is 5.32 Å². The Morgan fingerprint density at radius 2 is 2.19 bits per heavy atom. The van der Waals surface area contributed by atoms with E-state index in [2.05, 4.69) is 21.2 Å². The Balaban J connectivity index is 2.71. The molecule has 0 fully saturated rings. The van der Waals surface area contributed by atoms with Gasteiger partial charge in [0.1, 0.15) is 0 Å². The second-order valence-corrected chi connectivity index (χ2v) is 5.59. The number of benzene rings is 1. The van der Waals surface area contributed by atoms with Gasteiger partial charge in [-0.1, -0.05) is 33.6 Å². The molecule has 0 spiro atoms. The van der Waals surface area contributed by atoms with Gasteiger partial charge in [-0.15, -0.1) is 0 Å². The van der Waals surface area contributed by atoms with E-state index in [4.69, 9.17) is 11.6 Å². The van der Waals surface area contributed by atoms with Crippen molar-refractivity contribution in [1.82, 2.24) is 5.32 Å². The molecule has 0 radical (unpaired) electrons. The molecule has 16 heavy (non-hydrogen) atoms. The fourth-order valence-corrected chi connectivity index (χ4v) is 2.30. The molecule has 0 aromatic heterocycles. The van der Waals surface area contributed by atoms with Crippen LogP contribution in [0.3, 0.4) is 0 Å². The normalized spacial score (nSPS) is 14.8. The largest absolute Gasteiger partial charge is 0.390 e. The van der Waals surface area contributed by atoms with Gasteiger partial charge in [-0.05, 0) is 44.6 Å². The van der Waals surface area contributed by atoms with Gasteiger partial charge in [0.25, 0.3) is 0 Å². The summed E-state index contributed by atoms with van der Waals surface area (Å²) in [6.07, 6.45) is 1.27. The molecule has 2 N–H and O–H groups in total. The number of rotatable bonds is 5. The average Bonchev–Trinajstić information content (AvgIpc) is 2.19. The highest BCUT2D eigenvalue weighted by Gasteiger charge is 2.21. The summed E-state index contributed by atoms with van der Waals surface area (Å²) in [6, 6.07) is 5.74. The zero-order valence-electron chi connectivity index (χ0n) is 9.56.